The normalized spacial score (nSPS) is 10.7. The van der Waals surface area contributed by atoms with Crippen LogP contribution < -0.4 is 21.7 Å². The van der Waals surface area contributed by atoms with Gasteiger partial charge < -0.3 is 21.7 Å². The molecule has 2 amide bonds. The van der Waals surface area contributed by atoms with E-state index < -0.39 is 0 Å². The van der Waals surface area contributed by atoms with Crippen LogP contribution in [0.2, 0.25) is 0 Å². The van der Waals surface area contributed by atoms with Gasteiger partial charge >= 0.3 is 0 Å². The zero-order chi connectivity index (χ0) is 21.2. The molecule has 0 unspecified atom stereocenters. The van der Waals surface area contributed by atoms with Gasteiger partial charge in [-0.15, -0.1) is 0 Å². The van der Waals surface area contributed by atoms with Gasteiger partial charge in [-0.05, 0) is 49.6 Å². The molecule has 2 aromatic heterocycles. The first-order valence-corrected chi connectivity index (χ1v) is 9.68. The number of anilines is 3. The molecule has 0 aliphatic rings. The van der Waals surface area contributed by atoms with Crippen molar-refractivity contribution in [3.05, 3.63) is 47.3 Å². The molecule has 0 radical (unpaired) electrons. The van der Waals surface area contributed by atoms with Gasteiger partial charge in [0.05, 0.1) is 16.9 Å². The van der Waals surface area contributed by atoms with Crippen LogP contribution in [0.4, 0.5) is 17.3 Å². The van der Waals surface area contributed by atoms with Crippen LogP contribution in [0.25, 0.3) is 6.08 Å². The molecular weight excluding hydrogens is 368 g/mol. The van der Waals surface area contributed by atoms with E-state index in [9.17, 15) is 9.59 Å². The van der Waals surface area contributed by atoms with Crippen molar-refractivity contribution in [1.82, 2.24) is 15.3 Å². The van der Waals surface area contributed by atoms with Crippen LogP contribution in [-0.4, -0.2) is 35.4 Å². The van der Waals surface area contributed by atoms with Gasteiger partial charge in [-0.25, -0.2) is 9.97 Å². The minimum atomic E-state index is -0.319. The molecule has 0 bridgehead atoms. The molecule has 154 valence electrons. The summed E-state index contributed by atoms with van der Waals surface area (Å²) in [5.74, 6) is 0.343. The number of nitrogens with zero attached hydrogens (tertiary/aromatic N) is 2. The van der Waals surface area contributed by atoms with Crippen LogP contribution >= 0.6 is 0 Å². The largest absolute Gasteiger partial charge is 0.384 e. The van der Waals surface area contributed by atoms with Crippen molar-refractivity contribution in [2.75, 3.05) is 30.0 Å². The number of amides is 2. The Kier molecular flexibility index (Phi) is 8.14. The molecule has 0 fully saturated rings. The lowest BCUT2D eigenvalue weighted by atomic mass is 10.1. The molecule has 8 heteroatoms. The number of nitrogen functional groups attached to an aromatic ring is 1. The molecule has 0 saturated carbocycles. The number of hydrogen-bond donors (Lipinski definition) is 4. The number of unbranched alkanes of at least 4 members (excludes halogenated alkanes) is 1. The molecule has 0 saturated heterocycles. The fourth-order valence-electron chi connectivity index (χ4n) is 2.67. The second-order valence-electron chi connectivity index (χ2n) is 6.43. The maximum absolute atomic E-state index is 12.5. The second-order valence-corrected chi connectivity index (χ2v) is 6.43. The number of carbonyl (C=O) groups excluding carboxylic acids is 2. The van der Waals surface area contributed by atoms with Gasteiger partial charge in [-0.1, -0.05) is 13.3 Å². The van der Waals surface area contributed by atoms with Crippen molar-refractivity contribution in [2.24, 2.45) is 0 Å². The fourth-order valence-corrected chi connectivity index (χ4v) is 2.67. The van der Waals surface area contributed by atoms with E-state index in [4.69, 9.17) is 5.73 Å². The summed E-state index contributed by atoms with van der Waals surface area (Å²) in [6, 6.07) is 5.11. The summed E-state index contributed by atoms with van der Waals surface area (Å²) in [4.78, 5) is 33.3. The van der Waals surface area contributed by atoms with Crippen molar-refractivity contribution in [1.29, 1.82) is 0 Å². The second kappa shape index (κ2) is 10.8. The van der Waals surface area contributed by atoms with E-state index in [1.807, 2.05) is 6.92 Å². The van der Waals surface area contributed by atoms with Crippen LogP contribution in [0.5, 0.6) is 0 Å². The van der Waals surface area contributed by atoms with Gasteiger partial charge in [0.15, 0.2) is 0 Å². The first kappa shape index (κ1) is 21.9. The maximum Gasteiger partial charge on any atom is 0.254 e. The monoisotopic (exact) mass is 396 g/mol. The number of carbonyl (C=O) groups is 2. The third-order valence-electron chi connectivity index (χ3n) is 4.18. The molecular formula is C21H28N6O2. The highest BCUT2D eigenvalue weighted by molar-refractivity contribution is 6.04. The Morgan fingerprint density at radius 2 is 2.03 bits per heavy atom. The van der Waals surface area contributed by atoms with Gasteiger partial charge in [0.25, 0.3) is 5.91 Å². The summed E-state index contributed by atoms with van der Waals surface area (Å²) in [5, 5.41) is 8.58. The standard InChI is InChI=1S/C21H28N6O2/c1-4-6-7-16-17(12-15(21(29)23-3)20(27-16)24-5-2)26-19(28)11-9-14-8-10-18(22)25-13-14/h8-13H,4-7H2,1-3H3,(H2,22,25)(H,23,29)(H,24,27)(H,26,28)/b11-9+. The number of pyridine rings is 2. The van der Waals surface area contributed by atoms with Crippen LogP contribution in [0.3, 0.4) is 0 Å². The van der Waals surface area contributed by atoms with Gasteiger partial charge in [-0.2, -0.15) is 0 Å². The third-order valence-corrected chi connectivity index (χ3v) is 4.18. The number of hydrogen-bond acceptors (Lipinski definition) is 6. The maximum atomic E-state index is 12.5. The number of nitrogens with two attached hydrogens (primary N) is 1. The van der Waals surface area contributed by atoms with E-state index in [2.05, 4.69) is 32.8 Å². The van der Waals surface area contributed by atoms with Crippen LogP contribution in [-0.2, 0) is 11.2 Å². The van der Waals surface area contributed by atoms with E-state index in [0.717, 1.165) is 24.1 Å². The van der Waals surface area contributed by atoms with Crippen molar-refractivity contribution in [3.8, 4) is 0 Å². The Morgan fingerprint density at radius 3 is 2.66 bits per heavy atom. The van der Waals surface area contributed by atoms with Crippen molar-refractivity contribution in [2.45, 2.75) is 33.1 Å². The molecule has 0 spiro atoms. The molecule has 29 heavy (non-hydrogen) atoms. The zero-order valence-corrected chi connectivity index (χ0v) is 17.1. The Bertz CT molecular complexity index is 877. The molecule has 0 aromatic carbocycles. The lowest BCUT2D eigenvalue weighted by Crippen LogP contribution is -2.22. The average molecular weight is 396 g/mol. The molecule has 0 aliphatic carbocycles. The van der Waals surface area contributed by atoms with Crippen LogP contribution in [0.1, 0.15) is 48.3 Å². The zero-order valence-electron chi connectivity index (χ0n) is 17.1. The SMILES string of the molecule is CCCCc1nc(NCC)c(C(=O)NC)cc1NC(=O)/C=C/c1ccc(N)nc1. The summed E-state index contributed by atoms with van der Waals surface area (Å²) in [7, 11) is 1.56. The molecule has 0 aliphatic heterocycles. The van der Waals surface area contributed by atoms with Crippen LogP contribution in [0.15, 0.2) is 30.5 Å². The number of aryl methyl sites for hydroxylation is 1. The summed E-state index contributed by atoms with van der Waals surface area (Å²) >= 11 is 0. The van der Waals surface area contributed by atoms with Gasteiger partial charge in [0, 0.05) is 25.9 Å². The van der Waals surface area contributed by atoms with Crippen molar-refractivity contribution < 1.29 is 9.59 Å². The van der Waals surface area contributed by atoms with E-state index in [1.54, 1.807) is 37.5 Å². The third kappa shape index (κ3) is 6.31. The average Bonchev–Trinajstić information content (AvgIpc) is 2.72. The molecule has 8 nitrogen and oxygen atoms in total. The Hall–Kier alpha value is -3.42. The minimum Gasteiger partial charge on any atom is -0.384 e. The van der Waals surface area contributed by atoms with E-state index >= 15 is 0 Å². The smallest absolute Gasteiger partial charge is 0.254 e. The summed E-state index contributed by atoms with van der Waals surface area (Å²) in [5.41, 5.74) is 7.98. The summed E-state index contributed by atoms with van der Waals surface area (Å²) in [6.45, 7) is 4.66. The van der Waals surface area contributed by atoms with Gasteiger partial charge in [0.1, 0.15) is 11.6 Å². The highest BCUT2D eigenvalue weighted by atomic mass is 16.2. The molecule has 5 N–H and O–H groups in total. The number of aromatic nitrogens is 2. The minimum absolute atomic E-state index is 0.269. The molecule has 0 atom stereocenters. The first-order valence-electron chi connectivity index (χ1n) is 9.68. The van der Waals surface area contributed by atoms with E-state index in [0.29, 0.717) is 35.9 Å². The molecule has 2 rings (SSSR count). The molecule has 2 heterocycles. The Morgan fingerprint density at radius 1 is 1.24 bits per heavy atom. The van der Waals surface area contributed by atoms with E-state index in [-0.39, 0.29) is 11.8 Å². The molecule has 2 aromatic rings. The first-order chi connectivity index (χ1) is 14.0. The predicted octanol–water partition coefficient (Wildman–Crippen LogP) is 2.84. The fraction of sp³-hybridized carbons (Fsp3) is 0.333. The highest BCUT2D eigenvalue weighted by Gasteiger charge is 2.17. The van der Waals surface area contributed by atoms with Crippen molar-refractivity contribution in [3.63, 3.8) is 0 Å². The lowest BCUT2D eigenvalue weighted by molar-refractivity contribution is -0.111. The lowest BCUT2D eigenvalue weighted by Gasteiger charge is -2.15. The number of nitrogens with one attached hydrogen (secondary N) is 3. The Balaban J connectivity index is 2.30. The predicted molar refractivity (Wildman–Crippen MR) is 117 cm³/mol. The topological polar surface area (TPSA) is 122 Å². The number of rotatable bonds is 9. The van der Waals surface area contributed by atoms with Gasteiger partial charge in [0.2, 0.25) is 5.91 Å². The van der Waals surface area contributed by atoms with Crippen LogP contribution in [0, 0.1) is 0 Å². The van der Waals surface area contributed by atoms with E-state index in [1.165, 1.54) is 6.08 Å². The highest BCUT2D eigenvalue weighted by Crippen LogP contribution is 2.24. The summed E-state index contributed by atoms with van der Waals surface area (Å²) < 4.78 is 0. The van der Waals surface area contributed by atoms with Crippen molar-refractivity contribution >= 4 is 35.2 Å². The quantitative estimate of drug-likeness (QED) is 0.484. The summed E-state index contributed by atoms with van der Waals surface area (Å²) in [6.07, 6.45) is 7.26. The Labute approximate surface area is 171 Å². The van der Waals surface area contributed by atoms with Gasteiger partial charge in [-0.3, -0.25) is 9.59 Å².